The summed E-state index contributed by atoms with van der Waals surface area (Å²) in [5.74, 6) is -0.207. The second kappa shape index (κ2) is 6.39. The van der Waals surface area contributed by atoms with Crippen molar-refractivity contribution in [3.05, 3.63) is 29.3 Å². The van der Waals surface area contributed by atoms with Gasteiger partial charge in [-0.3, -0.25) is 4.79 Å². The molecule has 2 rings (SSSR count). The van der Waals surface area contributed by atoms with E-state index >= 15 is 0 Å². The first-order valence-corrected chi connectivity index (χ1v) is 7.41. The standard InChI is InChI=1S/C14H16O3S2/c1-3-17-14(18)19-12-6-4-5-9-7-10(8-11(9)12)13(15)16-2/h4-6,10H,3,7-8H2,1-2H3/t10-/m1/s1. The Bertz CT molecular complexity index is 499. The summed E-state index contributed by atoms with van der Waals surface area (Å²) >= 11 is 6.61. The molecule has 0 fully saturated rings. The number of rotatable bonds is 3. The van der Waals surface area contributed by atoms with Crippen LogP contribution >= 0.6 is 24.0 Å². The van der Waals surface area contributed by atoms with Crippen LogP contribution in [0.15, 0.2) is 23.1 Å². The third-order valence-electron chi connectivity index (χ3n) is 3.14. The molecule has 1 aromatic rings. The van der Waals surface area contributed by atoms with E-state index in [1.807, 2.05) is 19.1 Å². The number of hydrogen-bond acceptors (Lipinski definition) is 5. The minimum absolute atomic E-state index is 0.0672. The zero-order valence-corrected chi connectivity index (χ0v) is 12.6. The lowest BCUT2D eigenvalue weighted by Crippen LogP contribution is -2.16. The number of carbonyl (C=O) groups is 1. The van der Waals surface area contributed by atoms with E-state index < -0.39 is 0 Å². The number of fused-ring (bicyclic) bond motifs is 1. The lowest BCUT2D eigenvalue weighted by molar-refractivity contribution is -0.145. The highest BCUT2D eigenvalue weighted by Gasteiger charge is 2.30. The monoisotopic (exact) mass is 296 g/mol. The van der Waals surface area contributed by atoms with Crippen molar-refractivity contribution < 1.29 is 14.3 Å². The fraction of sp³-hybridized carbons (Fsp3) is 0.429. The molecule has 0 saturated carbocycles. The third kappa shape index (κ3) is 3.28. The maximum Gasteiger partial charge on any atom is 0.309 e. The van der Waals surface area contributed by atoms with E-state index in [4.69, 9.17) is 21.7 Å². The molecule has 0 heterocycles. The van der Waals surface area contributed by atoms with Crippen LogP contribution in [0.2, 0.25) is 0 Å². The van der Waals surface area contributed by atoms with Gasteiger partial charge in [-0.2, -0.15) is 0 Å². The second-order valence-electron chi connectivity index (χ2n) is 4.31. The SMILES string of the molecule is CCOC(=S)Sc1cccc2c1C[C@H](C(=O)OC)C2. The highest BCUT2D eigenvalue weighted by molar-refractivity contribution is 8.22. The zero-order valence-electron chi connectivity index (χ0n) is 11.0. The number of benzene rings is 1. The molecule has 0 saturated heterocycles. The average molecular weight is 296 g/mol. The lowest BCUT2D eigenvalue weighted by atomic mass is 10.1. The molecule has 0 unspecified atom stereocenters. The smallest absolute Gasteiger partial charge is 0.309 e. The quantitative estimate of drug-likeness (QED) is 0.487. The molecular formula is C14H16O3S2. The molecule has 19 heavy (non-hydrogen) atoms. The highest BCUT2D eigenvalue weighted by Crippen LogP contribution is 2.35. The molecular weight excluding hydrogens is 280 g/mol. The molecule has 1 aliphatic rings. The van der Waals surface area contributed by atoms with Crippen molar-refractivity contribution in [2.24, 2.45) is 5.92 Å². The molecule has 0 bridgehead atoms. The Balaban J connectivity index is 2.16. The summed E-state index contributed by atoms with van der Waals surface area (Å²) in [6, 6.07) is 6.08. The van der Waals surface area contributed by atoms with E-state index in [-0.39, 0.29) is 11.9 Å². The third-order valence-corrected chi connectivity index (χ3v) is 4.39. The van der Waals surface area contributed by atoms with Gasteiger partial charge in [0.25, 0.3) is 0 Å². The molecule has 102 valence electrons. The summed E-state index contributed by atoms with van der Waals surface area (Å²) in [5.41, 5.74) is 2.41. The largest absolute Gasteiger partial charge is 0.479 e. The molecule has 0 aromatic heterocycles. The first-order valence-electron chi connectivity index (χ1n) is 6.19. The number of methoxy groups -OCH3 is 1. The molecule has 5 heteroatoms. The maximum absolute atomic E-state index is 11.6. The Hall–Kier alpha value is -1.07. The van der Waals surface area contributed by atoms with Crippen molar-refractivity contribution in [1.82, 2.24) is 0 Å². The zero-order chi connectivity index (χ0) is 13.8. The summed E-state index contributed by atoms with van der Waals surface area (Å²) in [4.78, 5) is 12.7. The summed E-state index contributed by atoms with van der Waals surface area (Å²) in [7, 11) is 1.44. The van der Waals surface area contributed by atoms with E-state index in [2.05, 4.69) is 6.07 Å². The number of esters is 1. The number of thiocarbonyl (C=S) groups is 1. The molecule has 0 aliphatic heterocycles. The predicted molar refractivity (Wildman–Crippen MR) is 79.4 cm³/mol. The minimum atomic E-state index is -0.139. The minimum Gasteiger partial charge on any atom is -0.479 e. The fourth-order valence-corrected chi connectivity index (χ4v) is 3.51. The molecule has 0 spiro atoms. The number of carbonyl (C=O) groups excluding carboxylic acids is 1. The second-order valence-corrected chi connectivity index (χ2v) is 5.95. The van der Waals surface area contributed by atoms with Crippen LogP contribution in [-0.2, 0) is 27.1 Å². The van der Waals surface area contributed by atoms with Crippen LogP contribution in [0, 0.1) is 5.92 Å². The van der Waals surface area contributed by atoms with Gasteiger partial charge in [0.15, 0.2) is 0 Å². The molecule has 1 aromatic carbocycles. The average Bonchev–Trinajstić information content (AvgIpc) is 2.83. The summed E-state index contributed by atoms with van der Waals surface area (Å²) < 4.78 is 10.7. The van der Waals surface area contributed by atoms with Crippen LogP contribution in [0.1, 0.15) is 18.1 Å². The molecule has 1 aliphatic carbocycles. The topological polar surface area (TPSA) is 35.5 Å². The predicted octanol–water partition coefficient (Wildman–Crippen LogP) is 2.99. The van der Waals surface area contributed by atoms with Gasteiger partial charge in [0.05, 0.1) is 19.6 Å². The number of hydrogen-bond donors (Lipinski definition) is 0. The number of thioether (sulfide) groups is 1. The van der Waals surface area contributed by atoms with E-state index in [9.17, 15) is 4.79 Å². The Kier molecular flexibility index (Phi) is 4.82. The van der Waals surface area contributed by atoms with Gasteiger partial charge >= 0.3 is 5.97 Å². The van der Waals surface area contributed by atoms with E-state index in [0.717, 1.165) is 17.7 Å². The van der Waals surface area contributed by atoms with E-state index in [1.54, 1.807) is 0 Å². The van der Waals surface area contributed by atoms with Crippen molar-refractivity contribution in [2.45, 2.75) is 24.7 Å². The normalized spacial score (nSPS) is 16.8. The Morgan fingerprint density at radius 3 is 2.95 bits per heavy atom. The Morgan fingerprint density at radius 2 is 2.26 bits per heavy atom. The van der Waals surface area contributed by atoms with Gasteiger partial charge in [-0.15, -0.1) is 0 Å². The maximum atomic E-state index is 11.6. The molecule has 0 amide bonds. The van der Waals surface area contributed by atoms with Crippen molar-refractivity contribution in [1.29, 1.82) is 0 Å². The highest BCUT2D eigenvalue weighted by atomic mass is 32.2. The van der Waals surface area contributed by atoms with Crippen LogP contribution in [0.3, 0.4) is 0 Å². The fourth-order valence-electron chi connectivity index (χ4n) is 2.28. The molecule has 1 atom stereocenters. The van der Waals surface area contributed by atoms with Crippen LogP contribution in [0.25, 0.3) is 0 Å². The van der Waals surface area contributed by atoms with Gasteiger partial charge in [0.1, 0.15) is 0 Å². The van der Waals surface area contributed by atoms with Gasteiger partial charge in [0, 0.05) is 4.90 Å². The Labute approximate surface area is 122 Å². The van der Waals surface area contributed by atoms with Crippen molar-refractivity contribution in [2.75, 3.05) is 13.7 Å². The van der Waals surface area contributed by atoms with Crippen molar-refractivity contribution in [3.63, 3.8) is 0 Å². The lowest BCUT2D eigenvalue weighted by Gasteiger charge is -2.09. The van der Waals surface area contributed by atoms with Gasteiger partial charge in [-0.25, -0.2) is 0 Å². The van der Waals surface area contributed by atoms with E-state index in [0.29, 0.717) is 11.0 Å². The number of ether oxygens (including phenoxy) is 2. The first kappa shape index (κ1) is 14.3. The van der Waals surface area contributed by atoms with Gasteiger partial charge in [-0.05, 0) is 60.9 Å². The van der Waals surface area contributed by atoms with Gasteiger partial charge in [0.2, 0.25) is 4.38 Å². The molecule has 0 radical (unpaired) electrons. The summed E-state index contributed by atoms with van der Waals surface area (Å²) in [6.45, 7) is 2.49. The van der Waals surface area contributed by atoms with Crippen LogP contribution < -0.4 is 0 Å². The van der Waals surface area contributed by atoms with Crippen molar-refractivity contribution >= 4 is 34.3 Å². The summed E-state index contributed by atoms with van der Waals surface area (Å²) in [5, 5.41) is 0. The Morgan fingerprint density at radius 1 is 1.47 bits per heavy atom. The van der Waals surface area contributed by atoms with Crippen LogP contribution in [-0.4, -0.2) is 24.1 Å². The van der Waals surface area contributed by atoms with E-state index in [1.165, 1.54) is 30.0 Å². The molecule has 3 nitrogen and oxygen atoms in total. The van der Waals surface area contributed by atoms with Crippen LogP contribution in [0.4, 0.5) is 0 Å². The molecule has 0 N–H and O–H groups in total. The van der Waals surface area contributed by atoms with Gasteiger partial charge in [-0.1, -0.05) is 12.1 Å². The van der Waals surface area contributed by atoms with Crippen molar-refractivity contribution in [3.8, 4) is 0 Å². The first-order chi connectivity index (χ1) is 9.15. The van der Waals surface area contributed by atoms with Gasteiger partial charge < -0.3 is 9.47 Å². The van der Waals surface area contributed by atoms with Crippen LogP contribution in [0.5, 0.6) is 0 Å². The summed E-state index contributed by atoms with van der Waals surface area (Å²) in [6.07, 6.45) is 1.47.